The third-order valence-corrected chi connectivity index (χ3v) is 6.47. The van der Waals surface area contributed by atoms with Crippen LogP contribution < -0.4 is 16.0 Å². The van der Waals surface area contributed by atoms with Crippen LogP contribution in [0.3, 0.4) is 0 Å². The number of benzene rings is 1. The second-order valence-electron chi connectivity index (χ2n) is 8.80. The molecule has 4 rings (SSSR count). The van der Waals surface area contributed by atoms with Gasteiger partial charge in [-0.25, -0.2) is 4.39 Å². The second kappa shape index (κ2) is 9.79. The van der Waals surface area contributed by atoms with E-state index in [9.17, 15) is 24.0 Å². The van der Waals surface area contributed by atoms with Gasteiger partial charge in [0.1, 0.15) is 23.6 Å². The fourth-order valence-corrected chi connectivity index (χ4v) is 4.46. The third-order valence-electron chi connectivity index (χ3n) is 6.17. The minimum absolute atomic E-state index is 0.104. The van der Waals surface area contributed by atoms with Crippen LogP contribution in [0.15, 0.2) is 18.2 Å². The molecule has 1 aliphatic carbocycles. The Bertz CT molecular complexity index is 1120. The molecule has 1 saturated carbocycles. The molecule has 3 amide bonds. The molecule has 3 atom stereocenters. The lowest BCUT2D eigenvalue weighted by Crippen LogP contribution is -2.50. The fraction of sp³-hybridized carbons (Fsp3) is 0.478. The molecule has 174 valence electrons. The number of hydrogen-bond donors (Lipinski definition) is 4. The molecular weight excluding hydrogens is 449 g/mol. The maximum atomic E-state index is 13.6. The van der Waals surface area contributed by atoms with Gasteiger partial charge in [0.05, 0.1) is 16.6 Å². The van der Waals surface area contributed by atoms with Crippen LogP contribution in [0.1, 0.15) is 49.0 Å². The lowest BCUT2D eigenvalue weighted by atomic mass is 9.92. The number of aromatic nitrogens is 1. The Kier molecular flexibility index (Phi) is 6.84. The van der Waals surface area contributed by atoms with Gasteiger partial charge in [-0.3, -0.25) is 14.4 Å². The van der Waals surface area contributed by atoms with E-state index in [-0.39, 0.29) is 29.0 Å². The van der Waals surface area contributed by atoms with E-state index < -0.39 is 29.7 Å². The molecule has 0 spiro atoms. The van der Waals surface area contributed by atoms with E-state index in [4.69, 9.17) is 11.6 Å². The van der Waals surface area contributed by atoms with Gasteiger partial charge in [-0.05, 0) is 49.8 Å². The zero-order valence-corrected chi connectivity index (χ0v) is 18.7. The quantitative estimate of drug-likeness (QED) is 0.470. The first-order chi connectivity index (χ1) is 15.8. The Labute approximate surface area is 195 Å². The van der Waals surface area contributed by atoms with Crippen molar-refractivity contribution < 1.29 is 18.8 Å². The highest BCUT2D eigenvalue weighted by atomic mass is 35.5. The Morgan fingerprint density at radius 2 is 2.00 bits per heavy atom. The highest BCUT2D eigenvalue weighted by Crippen LogP contribution is 2.34. The average Bonchev–Trinajstić information content (AvgIpc) is 3.49. The van der Waals surface area contributed by atoms with E-state index in [1.807, 2.05) is 0 Å². The largest absolute Gasteiger partial charge is 0.356 e. The molecule has 4 N–H and O–H groups in total. The topological polar surface area (TPSA) is 127 Å². The number of carbonyl (C=O) groups is 3. The molecule has 33 heavy (non-hydrogen) atoms. The van der Waals surface area contributed by atoms with Crippen LogP contribution >= 0.6 is 11.6 Å². The summed E-state index contributed by atoms with van der Waals surface area (Å²) in [4.78, 5) is 40.7. The summed E-state index contributed by atoms with van der Waals surface area (Å²) in [7, 11) is 0. The molecule has 2 aromatic rings. The Balaban J connectivity index is 1.44. The van der Waals surface area contributed by atoms with Crippen molar-refractivity contribution in [3.8, 4) is 6.07 Å². The second-order valence-corrected chi connectivity index (χ2v) is 9.20. The molecule has 10 heteroatoms. The predicted octanol–water partition coefficient (Wildman–Crippen LogP) is 2.78. The molecule has 8 nitrogen and oxygen atoms in total. The Morgan fingerprint density at radius 3 is 2.70 bits per heavy atom. The summed E-state index contributed by atoms with van der Waals surface area (Å²) in [6.07, 6.45) is 4.14. The van der Waals surface area contributed by atoms with Crippen molar-refractivity contribution >= 4 is 40.2 Å². The van der Waals surface area contributed by atoms with Crippen molar-refractivity contribution in [1.82, 2.24) is 20.9 Å². The molecule has 2 aliphatic rings. The van der Waals surface area contributed by atoms with Gasteiger partial charge in [0.15, 0.2) is 0 Å². The first-order valence-electron chi connectivity index (χ1n) is 11.1. The minimum Gasteiger partial charge on any atom is -0.356 e. The zero-order chi connectivity index (χ0) is 23.5. The average molecular weight is 474 g/mol. The van der Waals surface area contributed by atoms with Gasteiger partial charge >= 0.3 is 0 Å². The summed E-state index contributed by atoms with van der Waals surface area (Å²) >= 11 is 6.05. The summed E-state index contributed by atoms with van der Waals surface area (Å²) in [5.74, 6) is -1.60. The predicted molar refractivity (Wildman–Crippen MR) is 120 cm³/mol. The van der Waals surface area contributed by atoms with Crippen molar-refractivity contribution in [2.45, 2.75) is 50.6 Å². The molecule has 1 saturated heterocycles. The molecule has 1 aromatic heterocycles. The van der Waals surface area contributed by atoms with Crippen molar-refractivity contribution in [2.75, 3.05) is 6.54 Å². The Hall–Kier alpha value is -3.12. The number of nitrogens with zero attached hydrogens (tertiary/aromatic N) is 1. The molecular formula is C23H25ClFN5O3. The molecule has 0 radical (unpaired) electrons. The van der Waals surface area contributed by atoms with Gasteiger partial charge in [0.2, 0.25) is 11.8 Å². The van der Waals surface area contributed by atoms with E-state index >= 15 is 0 Å². The van der Waals surface area contributed by atoms with E-state index in [1.165, 1.54) is 12.1 Å². The minimum atomic E-state index is -0.834. The first-order valence-corrected chi connectivity index (χ1v) is 11.5. The van der Waals surface area contributed by atoms with Crippen LogP contribution in [-0.2, 0) is 9.59 Å². The van der Waals surface area contributed by atoms with Crippen LogP contribution in [0.25, 0.3) is 10.9 Å². The third kappa shape index (κ3) is 5.63. The van der Waals surface area contributed by atoms with E-state index in [0.717, 1.165) is 25.3 Å². The SMILES string of the molecule is N#CC(C[C@@H]1CCCNC1=O)NC(=O)C(CC1CC1)NC(=O)c1cc2cc(F)cc(Cl)c2[nH]1. The number of H-pyrrole nitrogens is 1. The van der Waals surface area contributed by atoms with Crippen LogP contribution in [0, 0.1) is 29.0 Å². The van der Waals surface area contributed by atoms with Gasteiger partial charge in [-0.1, -0.05) is 24.4 Å². The molecule has 1 aliphatic heterocycles. The standard InChI is InChI=1S/C23H25ClFN5O3/c24-17-10-15(25)7-14-9-19(29-20(14)17)23(33)30-18(6-12-3-4-12)22(32)28-16(11-26)8-13-2-1-5-27-21(13)31/h7,9-10,12-13,16,18,29H,1-6,8H2,(H,27,31)(H,28,32)(H,30,33)/t13-,16?,18?/m0/s1. The summed E-state index contributed by atoms with van der Waals surface area (Å²) in [5, 5.41) is 18.3. The molecule has 0 bridgehead atoms. The summed E-state index contributed by atoms with van der Waals surface area (Å²) in [5.41, 5.74) is 0.587. The number of rotatable bonds is 8. The highest BCUT2D eigenvalue weighted by molar-refractivity contribution is 6.35. The smallest absolute Gasteiger partial charge is 0.268 e. The fourth-order valence-electron chi connectivity index (χ4n) is 4.20. The monoisotopic (exact) mass is 473 g/mol. The maximum Gasteiger partial charge on any atom is 0.268 e. The summed E-state index contributed by atoms with van der Waals surface area (Å²) < 4.78 is 13.6. The van der Waals surface area contributed by atoms with E-state index in [1.54, 1.807) is 0 Å². The zero-order valence-electron chi connectivity index (χ0n) is 17.9. The molecule has 2 heterocycles. The van der Waals surface area contributed by atoms with E-state index in [0.29, 0.717) is 36.2 Å². The number of hydrogen-bond acceptors (Lipinski definition) is 4. The number of aromatic amines is 1. The van der Waals surface area contributed by atoms with E-state index in [2.05, 4.69) is 27.0 Å². The number of nitrogens with one attached hydrogen (secondary N) is 4. The molecule has 2 fully saturated rings. The van der Waals surface area contributed by atoms with Crippen molar-refractivity contribution in [3.63, 3.8) is 0 Å². The number of halogens is 2. The summed E-state index contributed by atoms with van der Waals surface area (Å²) in [6.45, 7) is 0.625. The van der Waals surface area contributed by atoms with Gasteiger partial charge in [-0.15, -0.1) is 0 Å². The van der Waals surface area contributed by atoms with Crippen LogP contribution in [0.2, 0.25) is 5.02 Å². The molecule has 1 aromatic carbocycles. The van der Waals surface area contributed by atoms with Crippen LogP contribution in [0.5, 0.6) is 0 Å². The first kappa shape index (κ1) is 23.1. The van der Waals surface area contributed by atoms with Gasteiger partial charge in [0.25, 0.3) is 5.91 Å². The van der Waals surface area contributed by atoms with Crippen molar-refractivity contribution in [2.24, 2.45) is 11.8 Å². The highest BCUT2D eigenvalue weighted by Gasteiger charge is 2.33. The number of fused-ring (bicyclic) bond motifs is 1. The van der Waals surface area contributed by atoms with Crippen LogP contribution in [0.4, 0.5) is 4.39 Å². The number of amides is 3. The van der Waals surface area contributed by atoms with Gasteiger partial charge in [-0.2, -0.15) is 5.26 Å². The van der Waals surface area contributed by atoms with Crippen LogP contribution in [-0.4, -0.2) is 41.3 Å². The summed E-state index contributed by atoms with van der Waals surface area (Å²) in [6, 6.07) is 4.29. The lowest BCUT2D eigenvalue weighted by molar-refractivity contribution is -0.128. The Morgan fingerprint density at radius 1 is 1.21 bits per heavy atom. The lowest BCUT2D eigenvalue weighted by Gasteiger charge is -2.25. The van der Waals surface area contributed by atoms with Crippen molar-refractivity contribution in [1.29, 1.82) is 5.26 Å². The van der Waals surface area contributed by atoms with Crippen molar-refractivity contribution in [3.05, 3.63) is 34.7 Å². The number of nitriles is 1. The maximum absolute atomic E-state index is 13.6. The molecule has 2 unspecified atom stereocenters. The van der Waals surface area contributed by atoms with Gasteiger partial charge in [0, 0.05) is 17.8 Å². The number of carbonyl (C=O) groups excluding carboxylic acids is 3. The number of piperidine rings is 1. The normalized spacial score (nSPS) is 19.9. The van der Waals surface area contributed by atoms with Gasteiger partial charge < -0.3 is 20.9 Å².